The number of anilines is 2. The average molecular weight is 389 g/mol. The van der Waals surface area contributed by atoms with E-state index in [0.717, 1.165) is 38.6 Å². The Balaban J connectivity index is 1.75. The molecule has 5 nitrogen and oxygen atoms in total. The number of carbonyl (C=O) groups excluding carboxylic acids is 1. The molecule has 28 heavy (non-hydrogen) atoms. The number of hydrogen-bond donors (Lipinski definition) is 1. The third-order valence-corrected chi connectivity index (χ3v) is 5.26. The standard InChI is InChI=1S/C22H19N3O2S/c1-3-27-18-9-7-15(8-10-18)19-12-28-22-20(19)21(23-13-24-22)25-17-6-4-5-16(11-17)14(2)26/h4-13H,3H2,1-2H3,(H,23,24,25). The van der Waals surface area contributed by atoms with Crippen molar-refractivity contribution in [1.82, 2.24) is 9.97 Å². The van der Waals surface area contributed by atoms with Gasteiger partial charge in [-0.05, 0) is 43.7 Å². The first-order valence-corrected chi connectivity index (χ1v) is 9.87. The van der Waals surface area contributed by atoms with Gasteiger partial charge in [-0.2, -0.15) is 0 Å². The molecule has 0 aliphatic carbocycles. The van der Waals surface area contributed by atoms with Crippen LogP contribution in [0.3, 0.4) is 0 Å². The molecule has 4 aromatic rings. The van der Waals surface area contributed by atoms with Crippen molar-refractivity contribution in [2.75, 3.05) is 11.9 Å². The zero-order valence-electron chi connectivity index (χ0n) is 15.6. The topological polar surface area (TPSA) is 64.1 Å². The average Bonchev–Trinajstić information content (AvgIpc) is 3.14. The summed E-state index contributed by atoms with van der Waals surface area (Å²) in [6.45, 7) is 4.17. The first-order valence-electron chi connectivity index (χ1n) is 8.99. The molecule has 0 aliphatic rings. The van der Waals surface area contributed by atoms with Crippen LogP contribution in [0.2, 0.25) is 0 Å². The van der Waals surface area contributed by atoms with Crippen molar-refractivity contribution in [3.05, 3.63) is 65.8 Å². The maximum atomic E-state index is 11.7. The van der Waals surface area contributed by atoms with Crippen molar-refractivity contribution in [2.24, 2.45) is 0 Å². The zero-order valence-corrected chi connectivity index (χ0v) is 16.4. The highest BCUT2D eigenvalue weighted by Crippen LogP contribution is 2.37. The van der Waals surface area contributed by atoms with Crippen molar-refractivity contribution < 1.29 is 9.53 Å². The molecule has 0 bridgehead atoms. The molecule has 0 unspecified atom stereocenters. The normalized spacial score (nSPS) is 10.8. The van der Waals surface area contributed by atoms with E-state index in [1.165, 1.54) is 0 Å². The fraction of sp³-hybridized carbons (Fsp3) is 0.136. The lowest BCUT2D eigenvalue weighted by Gasteiger charge is -2.10. The third-order valence-electron chi connectivity index (χ3n) is 4.38. The van der Waals surface area contributed by atoms with Gasteiger partial charge in [0.25, 0.3) is 0 Å². The molecule has 0 atom stereocenters. The van der Waals surface area contributed by atoms with Crippen LogP contribution in [0.1, 0.15) is 24.2 Å². The summed E-state index contributed by atoms with van der Waals surface area (Å²) in [6.07, 6.45) is 1.55. The summed E-state index contributed by atoms with van der Waals surface area (Å²) in [5.74, 6) is 1.60. The number of aromatic nitrogens is 2. The van der Waals surface area contributed by atoms with E-state index in [1.54, 1.807) is 30.7 Å². The van der Waals surface area contributed by atoms with Gasteiger partial charge >= 0.3 is 0 Å². The predicted octanol–water partition coefficient (Wildman–Crippen LogP) is 5.70. The van der Waals surface area contributed by atoms with Crippen LogP contribution in [-0.4, -0.2) is 22.4 Å². The fourth-order valence-corrected chi connectivity index (χ4v) is 3.95. The zero-order chi connectivity index (χ0) is 19.5. The van der Waals surface area contributed by atoms with E-state index in [-0.39, 0.29) is 5.78 Å². The van der Waals surface area contributed by atoms with Crippen molar-refractivity contribution in [2.45, 2.75) is 13.8 Å². The molecule has 0 saturated carbocycles. The Hall–Kier alpha value is -3.25. The molecule has 4 rings (SSSR count). The van der Waals surface area contributed by atoms with Gasteiger partial charge in [-0.1, -0.05) is 24.3 Å². The van der Waals surface area contributed by atoms with Crippen LogP contribution in [0.5, 0.6) is 5.75 Å². The first kappa shape index (κ1) is 18.1. The number of carbonyl (C=O) groups is 1. The molecule has 2 heterocycles. The van der Waals surface area contributed by atoms with Crippen LogP contribution in [0.4, 0.5) is 11.5 Å². The number of nitrogens with zero attached hydrogens (tertiary/aromatic N) is 2. The van der Waals surface area contributed by atoms with Gasteiger partial charge in [0.05, 0.1) is 12.0 Å². The van der Waals surface area contributed by atoms with E-state index in [4.69, 9.17) is 4.74 Å². The minimum Gasteiger partial charge on any atom is -0.494 e. The Labute approximate surface area is 167 Å². The quantitative estimate of drug-likeness (QED) is 0.428. The lowest BCUT2D eigenvalue weighted by atomic mass is 10.1. The minimum absolute atomic E-state index is 0.0297. The van der Waals surface area contributed by atoms with E-state index in [1.807, 2.05) is 49.4 Å². The molecule has 0 aliphatic heterocycles. The summed E-state index contributed by atoms with van der Waals surface area (Å²) in [6, 6.07) is 15.4. The molecule has 6 heteroatoms. The first-order chi connectivity index (χ1) is 13.7. The molecule has 1 N–H and O–H groups in total. The van der Waals surface area contributed by atoms with Gasteiger partial charge in [0, 0.05) is 22.2 Å². The van der Waals surface area contributed by atoms with Crippen molar-refractivity contribution in [3.8, 4) is 16.9 Å². The molecule has 2 aromatic carbocycles. The third kappa shape index (κ3) is 3.59. The Morgan fingerprint density at radius 2 is 1.96 bits per heavy atom. The number of thiophene rings is 1. The molecular weight excluding hydrogens is 370 g/mol. The SMILES string of the molecule is CCOc1ccc(-c2csc3ncnc(Nc4cccc(C(C)=O)c4)c23)cc1. The van der Waals surface area contributed by atoms with Gasteiger partial charge in [0.2, 0.25) is 0 Å². The Morgan fingerprint density at radius 3 is 2.71 bits per heavy atom. The lowest BCUT2D eigenvalue weighted by Crippen LogP contribution is -1.98. The van der Waals surface area contributed by atoms with E-state index in [2.05, 4.69) is 20.7 Å². The number of ether oxygens (including phenoxy) is 1. The molecule has 0 fully saturated rings. The Morgan fingerprint density at radius 1 is 1.14 bits per heavy atom. The summed E-state index contributed by atoms with van der Waals surface area (Å²) in [5, 5.41) is 6.40. The molecule has 2 aromatic heterocycles. The Bertz CT molecular complexity index is 1140. The van der Waals surface area contributed by atoms with Gasteiger partial charge in [0.1, 0.15) is 22.7 Å². The second kappa shape index (κ2) is 7.78. The summed E-state index contributed by atoms with van der Waals surface area (Å²) in [7, 11) is 0. The van der Waals surface area contributed by atoms with Crippen LogP contribution < -0.4 is 10.1 Å². The summed E-state index contributed by atoms with van der Waals surface area (Å²) in [4.78, 5) is 21.4. The molecule has 0 saturated heterocycles. The summed E-state index contributed by atoms with van der Waals surface area (Å²) < 4.78 is 5.54. The van der Waals surface area contributed by atoms with Gasteiger partial charge < -0.3 is 10.1 Å². The van der Waals surface area contributed by atoms with Crippen LogP contribution in [-0.2, 0) is 0 Å². The number of hydrogen-bond acceptors (Lipinski definition) is 6. The van der Waals surface area contributed by atoms with E-state index >= 15 is 0 Å². The maximum absolute atomic E-state index is 11.7. The largest absolute Gasteiger partial charge is 0.494 e. The number of benzene rings is 2. The number of nitrogens with one attached hydrogen (secondary N) is 1. The van der Waals surface area contributed by atoms with E-state index in [9.17, 15) is 4.79 Å². The maximum Gasteiger partial charge on any atom is 0.159 e. The van der Waals surface area contributed by atoms with Gasteiger partial charge in [-0.3, -0.25) is 4.79 Å². The number of rotatable bonds is 6. The van der Waals surface area contributed by atoms with E-state index in [0.29, 0.717) is 12.2 Å². The van der Waals surface area contributed by atoms with Crippen molar-refractivity contribution in [1.29, 1.82) is 0 Å². The van der Waals surface area contributed by atoms with Gasteiger partial charge in [-0.25, -0.2) is 9.97 Å². The van der Waals surface area contributed by atoms with E-state index < -0.39 is 0 Å². The lowest BCUT2D eigenvalue weighted by molar-refractivity contribution is 0.101. The Kier molecular flexibility index (Phi) is 5.04. The molecular formula is C22H19N3O2S. The van der Waals surface area contributed by atoms with Gasteiger partial charge in [-0.15, -0.1) is 11.3 Å². The molecule has 0 spiro atoms. The second-order valence-electron chi connectivity index (χ2n) is 6.27. The van der Waals surface area contributed by atoms with Crippen LogP contribution in [0.15, 0.2) is 60.2 Å². The fourth-order valence-electron chi connectivity index (χ4n) is 3.03. The minimum atomic E-state index is 0.0297. The molecule has 0 amide bonds. The summed E-state index contributed by atoms with van der Waals surface area (Å²) >= 11 is 1.58. The monoisotopic (exact) mass is 389 g/mol. The van der Waals surface area contributed by atoms with Gasteiger partial charge in [0.15, 0.2) is 5.78 Å². The number of ketones is 1. The second-order valence-corrected chi connectivity index (χ2v) is 7.13. The van der Waals surface area contributed by atoms with Crippen LogP contribution in [0, 0.1) is 0 Å². The highest BCUT2D eigenvalue weighted by atomic mass is 32.1. The van der Waals surface area contributed by atoms with Crippen molar-refractivity contribution >= 4 is 38.8 Å². The van der Waals surface area contributed by atoms with Crippen LogP contribution >= 0.6 is 11.3 Å². The van der Waals surface area contributed by atoms with Crippen molar-refractivity contribution in [3.63, 3.8) is 0 Å². The molecule has 140 valence electrons. The number of fused-ring (bicyclic) bond motifs is 1. The molecule has 0 radical (unpaired) electrons. The predicted molar refractivity (Wildman–Crippen MR) is 114 cm³/mol. The number of Topliss-reactive ketones (excluding diaryl/α,β-unsaturated/α-hetero) is 1. The summed E-state index contributed by atoms with van der Waals surface area (Å²) in [5.41, 5.74) is 3.61. The smallest absolute Gasteiger partial charge is 0.159 e. The van der Waals surface area contributed by atoms with Crippen LogP contribution in [0.25, 0.3) is 21.3 Å². The highest BCUT2D eigenvalue weighted by molar-refractivity contribution is 7.17. The highest BCUT2D eigenvalue weighted by Gasteiger charge is 2.14.